The molecule has 1 aromatic carbocycles. The molecule has 2 unspecified atom stereocenters. The van der Waals surface area contributed by atoms with E-state index in [1.54, 1.807) is 6.92 Å². The number of H-pyrrole nitrogens is 2. The lowest BCUT2D eigenvalue weighted by atomic mass is 10.1. The van der Waals surface area contributed by atoms with Gasteiger partial charge in [-0.15, -0.1) is 0 Å². The van der Waals surface area contributed by atoms with Crippen LogP contribution in [-0.2, 0) is 19.4 Å². The van der Waals surface area contributed by atoms with Gasteiger partial charge >= 0.3 is 11.7 Å². The number of hydrogen-bond donors (Lipinski definition) is 5. The van der Waals surface area contributed by atoms with Crippen molar-refractivity contribution < 1.29 is 9.90 Å². The van der Waals surface area contributed by atoms with Gasteiger partial charge in [0.05, 0.1) is 11.4 Å². The summed E-state index contributed by atoms with van der Waals surface area (Å²) in [7, 11) is 0. The number of nitrogens with zero attached hydrogens (tertiary/aromatic N) is 4. The summed E-state index contributed by atoms with van der Waals surface area (Å²) in [5.74, 6) is -0.472. The van der Waals surface area contributed by atoms with Crippen molar-refractivity contribution in [1.29, 1.82) is 0 Å². The number of carboxylic acids is 1. The molecule has 13 nitrogen and oxygen atoms in total. The van der Waals surface area contributed by atoms with Crippen LogP contribution in [0.25, 0.3) is 11.0 Å². The lowest BCUT2D eigenvalue weighted by Crippen LogP contribution is -2.50. The van der Waals surface area contributed by atoms with Crippen molar-refractivity contribution in [3.8, 4) is 0 Å². The first-order valence-corrected chi connectivity index (χ1v) is 15.4. The average Bonchev–Trinajstić information content (AvgIpc) is 3.00. The molecule has 4 heterocycles. The minimum atomic E-state index is -1.29. The Morgan fingerprint density at radius 1 is 1.16 bits per heavy atom. The fourth-order valence-corrected chi connectivity index (χ4v) is 6.03. The second-order valence-corrected chi connectivity index (χ2v) is 11.6. The van der Waals surface area contributed by atoms with E-state index in [0.29, 0.717) is 36.6 Å². The number of carbonyl (C=O) groups is 1. The maximum absolute atomic E-state index is 13.0. The Hall–Kier alpha value is -4.62. The standard InChI is InChI=1S/C32H40N8O5/c1-5-20-14-21(10-9-18(20)3)35-25-15-26(41)40(32(45)37-25)12-7-8-24(39-13-11-33-19(4)17-39)30-34-16-22-28(42)27(31(43)44)23(6-2)36-29(22)38-30/h9-10,14-16,19,24,33,35H,5-8,11-13,17H2,1-4H3,(H,37,45)(H,43,44)(H,34,36,38,42). The number of piperazine rings is 1. The molecule has 45 heavy (non-hydrogen) atoms. The molecule has 5 N–H and O–H groups in total. The molecule has 0 bridgehead atoms. The second-order valence-electron chi connectivity index (χ2n) is 11.6. The molecule has 3 aromatic heterocycles. The van der Waals surface area contributed by atoms with Gasteiger partial charge in [-0.1, -0.05) is 19.9 Å². The lowest BCUT2D eigenvalue weighted by molar-refractivity contribution is 0.0694. The van der Waals surface area contributed by atoms with E-state index < -0.39 is 22.6 Å². The number of aryl methyl sites for hydroxylation is 3. The van der Waals surface area contributed by atoms with Gasteiger partial charge < -0.3 is 20.7 Å². The average molecular weight is 617 g/mol. The molecule has 0 spiro atoms. The number of fused-ring (bicyclic) bond motifs is 1. The molecule has 0 aliphatic carbocycles. The third-order valence-corrected chi connectivity index (χ3v) is 8.45. The molecule has 1 fully saturated rings. The number of carboxylic acid groups (broad SMARTS) is 1. The Bertz CT molecular complexity index is 1860. The summed E-state index contributed by atoms with van der Waals surface area (Å²) in [5.41, 5.74) is 1.94. The van der Waals surface area contributed by atoms with E-state index in [1.807, 2.05) is 25.1 Å². The Labute approximate surface area is 259 Å². The predicted octanol–water partition coefficient (Wildman–Crippen LogP) is 2.86. The largest absolute Gasteiger partial charge is 0.477 e. The molecule has 4 aromatic rings. The Morgan fingerprint density at radius 3 is 2.64 bits per heavy atom. The van der Waals surface area contributed by atoms with Crippen molar-refractivity contribution in [3.05, 3.63) is 89.7 Å². The fraction of sp³-hybridized carbons (Fsp3) is 0.438. The topological polar surface area (TPSA) is 178 Å². The van der Waals surface area contributed by atoms with Crippen LogP contribution in [0.2, 0.25) is 0 Å². The highest BCUT2D eigenvalue weighted by molar-refractivity contribution is 5.92. The van der Waals surface area contributed by atoms with E-state index in [1.165, 1.54) is 28.0 Å². The van der Waals surface area contributed by atoms with E-state index in [9.17, 15) is 24.3 Å². The van der Waals surface area contributed by atoms with E-state index >= 15 is 0 Å². The van der Waals surface area contributed by atoms with Gasteiger partial charge in [0.15, 0.2) is 0 Å². The number of rotatable bonds is 11. The predicted molar refractivity (Wildman–Crippen MR) is 173 cm³/mol. The molecule has 0 amide bonds. The van der Waals surface area contributed by atoms with Gasteiger partial charge in [-0.3, -0.25) is 24.0 Å². The van der Waals surface area contributed by atoms with Crippen LogP contribution in [0.4, 0.5) is 11.5 Å². The molecular weight excluding hydrogens is 576 g/mol. The Kier molecular flexibility index (Phi) is 9.59. The number of aromatic carboxylic acids is 1. The number of aromatic nitrogens is 5. The monoisotopic (exact) mass is 616 g/mol. The summed E-state index contributed by atoms with van der Waals surface area (Å²) < 4.78 is 1.19. The molecule has 2 atom stereocenters. The summed E-state index contributed by atoms with van der Waals surface area (Å²) in [4.78, 5) is 68.0. The van der Waals surface area contributed by atoms with Crippen LogP contribution in [-0.4, -0.2) is 66.2 Å². The molecule has 1 aliphatic heterocycles. The minimum Gasteiger partial charge on any atom is -0.477 e. The Morgan fingerprint density at radius 2 is 1.96 bits per heavy atom. The maximum Gasteiger partial charge on any atom is 0.341 e. The zero-order valence-corrected chi connectivity index (χ0v) is 26.1. The van der Waals surface area contributed by atoms with Crippen molar-refractivity contribution in [2.75, 3.05) is 25.0 Å². The first kappa shape index (κ1) is 31.8. The normalized spacial score (nSPS) is 16.1. The van der Waals surface area contributed by atoms with Crippen LogP contribution in [0, 0.1) is 6.92 Å². The quantitative estimate of drug-likeness (QED) is 0.168. The molecule has 13 heteroatoms. The molecular formula is C32H40N8O5. The lowest BCUT2D eigenvalue weighted by Gasteiger charge is -2.37. The number of aromatic amines is 2. The van der Waals surface area contributed by atoms with Crippen molar-refractivity contribution in [2.24, 2.45) is 0 Å². The molecule has 0 saturated carbocycles. The highest BCUT2D eigenvalue weighted by Gasteiger charge is 2.28. The zero-order valence-electron chi connectivity index (χ0n) is 26.1. The summed E-state index contributed by atoms with van der Waals surface area (Å²) in [6.45, 7) is 10.4. The summed E-state index contributed by atoms with van der Waals surface area (Å²) >= 11 is 0. The molecule has 0 radical (unpaired) electrons. The van der Waals surface area contributed by atoms with Crippen LogP contribution < -0.4 is 27.3 Å². The van der Waals surface area contributed by atoms with E-state index in [-0.39, 0.29) is 35.2 Å². The zero-order chi connectivity index (χ0) is 32.2. The second kappa shape index (κ2) is 13.6. The van der Waals surface area contributed by atoms with Gasteiger partial charge in [0, 0.05) is 55.9 Å². The van der Waals surface area contributed by atoms with Crippen molar-refractivity contribution in [3.63, 3.8) is 0 Å². The fourth-order valence-electron chi connectivity index (χ4n) is 6.03. The SMILES string of the molecule is CCc1cc(Nc2cc(=O)n(CCCC(c3ncc4c(=O)c(C(=O)O)c(CC)[nH]c4n3)N3CCNC(C)C3)c(=O)[nH]2)ccc1C. The highest BCUT2D eigenvalue weighted by Crippen LogP contribution is 2.26. The number of nitrogens with one attached hydrogen (secondary N) is 4. The first-order valence-electron chi connectivity index (χ1n) is 15.4. The van der Waals surface area contributed by atoms with Gasteiger partial charge in [-0.25, -0.2) is 19.6 Å². The molecule has 238 valence electrons. The van der Waals surface area contributed by atoms with E-state index in [4.69, 9.17) is 4.98 Å². The third kappa shape index (κ3) is 6.89. The van der Waals surface area contributed by atoms with Gasteiger partial charge in [-0.2, -0.15) is 0 Å². The third-order valence-electron chi connectivity index (χ3n) is 8.45. The molecule has 1 aliphatic rings. The highest BCUT2D eigenvalue weighted by atomic mass is 16.4. The summed E-state index contributed by atoms with van der Waals surface area (Å²) in [5, 5.41) is 16.3. The minimum absolute atomic E-state index is 0.115. The summed E-state index contributed by atoms with van der Waals surface area (Å²) in [6.07, 6.45) is 3.63. The van der Waals surface area contributed by atoms with Crippen molar-refractivity contribution in [2.45, 2.75) is 72.0 Å². The van der Waals surface area contributed by atoms with Crippen LogP contribution in [0.15, 0.2) is 44.8 Å². The summed E-state index contributed by atoms with van der Waals surface area (Å²) in [6, 6.07) is 7.30. The van der Waals surface area contributed by atoms with Gasteiger partial charge in [0.25, 0.3) is 5.56 Å². The maximum atomic E-state index is 13.0. The number of benzene rings is 1. The Balaban J connectivity index is 1.38. The smallest absolute Gasteiger partial charge is 0.341 e. The number of pyridine rings is 1. The van der Waals surface area contributed by atoms with E-state index in [2.05, 4.69) is 44.3 Å². The van der Waals surface area contributed by atoms with Gasteiger partial charge in [-0.05, 0) is 62.8 Å². The molecule has 1 saturated heterocycles. The van der Waals surface area contributed by atoms with Crippen LogP contribution in [0.3, 0.4) is 0 Å². The first-order chi connectivity index (χ1) is 21.6. The number of anilines is 2. The van der Waals surface area contributed by atoms with Crippen LogP contribution in [0.5, 0.6) is 0 Å². The van der Waals surface area contributed by atoms with Crippen molar-refractivity contribution in [1.82, 2.24) is 34.7 Å². The van der Waals surface area contributed by atoms with Crippen LogP contribution in [0.1, 0.15) is 72.7 Å². The van der Waals surface area contributed by atoms with Crippen LogP contribution >= 0.6 is 0 Å². The van der Waals surface area contributed by atoms with E-state index in [0.717, 1.165) is 31.7 Å². The van der Waals surface area contributed by atoms with Gasteiger partial charge in [0.2, 0.25) is 5.43 Å². The molecule has 5 rings (SSSR count). The number of hydrogen-bond acceptors (Lipinski definition) is 9. The van der Waals surface area contributed by atoms with Crippen molar-refractivity contribution >= 4 is 28.5 Å². The van der Waals surface area contributed by atoms with Gasteiger partial charge in [0.1, 0.15) is 22.9 Å².